The summed E-state index contributed by atoms with van der Waals surface area (Å²) in [5.41, 5.74) is 2.85. The number of carbonyl (C=O) groups is 3. The van der Waals surface area contributed by atoms with Crippen molar-refractivity contribution in [1.82, 2.24) is 20.6 Å². The number of hydrogen-bond donors (Lipinski definition) is 2. The molecule has 0 bridgehead atoms. The average Bonchev–Trinajstić information content (AvgIpc) is 3.58. The zero-order chi connectivity index (χ0) is 26.3. The highest BCUT2D eigenvalue weighted by molar-refractivity contribution is 6.24. The van der Waals surface area contributed by atoms with Gasteiger partial charge in [-0.15, -0.1) is 0 Å². The highest BCUT2D eigenvalue weighted by atomic mass is 16.5. The van der Waals surface area contributed by atoms with Crippen LogP contribution in [0.5, 0.6) is 11.6 Å². The Morgan fingerprint density at radius 3 is 2.32 bits per heavy atom. The van der Waals surface area contributed by atoms with Crippen molar-refractivity contribution in [2.24, 2.45) is 0 Å². The first-order valence-electron chi connectivity index (χ1n) is 12.1. The van der Waals surface area contributed by atoms with Crippen LogP contribution in [-0.4, -0.2) is 39.9 Å². The topological polar surface area (TPSA) is 127 Å². The number of hydrogen-bond acceptors (Lipinski definition) is 8. The lowest BCUT2D eigenvalue weighted by Crippen LogP contribution is -2.71. The van der Waals surface area contributed by atoms with Crippen molar-refractivity contribution in [3.05, 3.63) is 78.7 Å². The maximum absolute atomic E-state index is 12.7. The largest absolute Gasteiger partial charge is 0.444 e. The highest BCUT2D eigenvalue weighted by Crippen LogP contribution is 2.36. The fraction of sp³-hybridized carbons (Fsp3) is 0.179. The van der Waals surface area contributed by atoms with Gasteiger partial charge in [0.25, 0.3) is 11.8 Å². The number of rotatable bonds is 5. The second kappa shape index (κ2) is 9.15. The summed E-state index contributed by atoms with van der Waals surface area (Å²) in [6.45, 7) is 2.51. The zero-order valence-electron chi connectivity index (χ0n) is 20.4. The van der Waals surface area contributed by atoms with E-state index in [1.807, 2.05) is 43.3 Å². The Morgan fingerprint density at radius 2 is 1.63 bits per heavy atom. The van der Waals surface area contributed by atoms with Gasteiger partial charge in [-0.3, -0.25) is 20.2 Å². The number of ether oxygens (including phenoxy) is 1. The van der Waals surface area contributed by atoms with Crippen molar-refractivity contribution in [2.75, 3.05) is 11.4 Å². The van der Waals surface area contributed by atoms with E-state index in [0.29, 0.717) is 42.6 Å². The van der Waals surface area contributed by atoms with E-state index in [4.69, 9.17) is 9.15 Å². The van der Waals surface area contributed by atoms with E-state index in [1.54, 1.807) is 41.6 Å². The molecule has 2 N–H and O–H groups in total. The molecule has 0 saturated carbocycles. The van der Waals surface area contributed by atoms with Gasteiger partial charge in [0.1, 0.15) is 17.7 Å². The molecule has 10 nitrogen and oxygen atoms in total. The Hall–Kier alpha value is -4.99. The molecule has 38 heavy (non-hydrogen) atoms. The van der Waals surface area contributed by atoms with Crippen molar-refractivity contribution in [3.8, 4) is 34.3 Å². The highest BCUT2D eigenvalue weighted by Gasteiger charge is 2.57. The molecular weight excluding hydrogens is 486 g/mol. The summed E-state index contributed by atoms with van der Waals surface area (Å²) in [6, 6.07) is 18.0. The third-order valence-electron chi connectivity index (χ3n) is 6.79. The Morgan fingerprint density at radius 1 is 0.921 bits per heavy atom. The number of benzene rings is 2. The first-order chi connectivity index (χ1) is 18.4. The van der Waals surface area contributed by atoms with Crippen molar-refractivity contribution in [2.45, 2.75) is 25.3 Å². The molecule has 0 unspecified atom stereocenters. The Balaban J connectivity index is 1.15. The predicted octanol–water partition coefficient (Wildman–Crippen LogP) is 4.21. The molecule has 6 rings (SSSR count). The number of oxazole rings is 1. The second-order valence-corrected chi connectivity index (χ2v) is 9.24. The minimum Gasteiger partial charge on any atom is -0.444 e. The third-order valence-corrected chi connectivity index (χ3v) is 6.79. The molecular formula is C28H23N5O5. The first-order valence-corrected chi connectivity index (χ1v) is 12.1. The number of nitrogens with zero attached hydrogens (tertiary/aromatic N) is 3. The van der Waals surface area contributed by atoms with Gasteiger partial charge in [0, 0.05) is 23.7 Å². The van der Waals surface area contributed by atoms with Gasteiger partial charge in [-0.2, -0.15) is 0 Å². The molecule has 0 atom stereocenters. The van der Waals surface area contributed by atoms with Gasteiger partial charge in [-0.05, 0) is 50.1 Å². The van der Waals surface area contributed by atoms with Crippen LogP contribution in [-0.2, 0) is 9.59 Å². The average molecular weight is 510 g/mol. The summed E-state index contributed by atoms with van der Waals surface area (Å²) in [6.07, 6.45) is 4.11. The van der Waals surface area contributed by atoms with Crippen LogP contribution >= 0.6 is 0 Å². The minimum atomic E-state index is -1.47. The van der Waals surface area contributed by atoms with Crippen LogP contribution in [0.25, 0.3) is 22.7 Å². The van der Waals surface area contributed by atoms with E-state index in [-0.39, 0.29) is 0 Å². The third kappa shape index (κ3) is 4.05. The van der Waals surface area contributed by atoms with Gasteiger partial charge in [-0.1, -0.05) is 29.8 Å². The summed E-state index contributed by atoms with van der Waals surface area (Å²) in [5.74, 6) is 0.177. The fourth-order valence-electron chi connectivity index (χ4n) is 4.83. The first kappa shape index (κ1) is 23.4. The van der Waals surface area contributed by atoms with Crippen LogP contribution < -0.4 is 20.3 Å². The number of carbonyl (C=O) groups excluding carboxylic acids is 3. The molecule has 2 saturated heterocycles. The summed E-state index contributed by atoms with van der Waals surface area (Å²) >= 11 is 0. The normalized spacial score (nSPS) is 16.4. The summed E-state index contributed by atoms with van der Waals surface area (Å²) < 4.78 is 11.6. The number of anilines is 1. The number of amides is 4. The summed E-state index contributed by atoms with van der Waals surface area (Å²) in [7, 11) is 0. The number of nitrogens with one attached hydrogen (secondary N) is 2. The fourth-order valence-corrected chi connectivity index (χ4v) is 4.83. The van der Waals surface area contributed by atoms with E-state index < -0.39 is 23.4 Å². The predicted molar refractivity (Wildman–Crippen MR) is 137 cm³/mol. The van der Waals surface area contributed by atoms with Crippen LogP contribution in [0.15, 0.2) is 77.5 Å². The van der Waals surface area contributed by atoms with Gasteiger partial charge in [0.2, 0.25) is 11.8 Å². The number of barbiturate groups is 1. The monoisotopic (exact) mass is 509 g/mol. The van der Waals surface area contributed by atoms with Gasteiger partial charge in [0.05, 0.1) is 11.9 Å². The standard InChI is InChI=1S/C28H23N5O5/c1-17-3-5-18(6-4-17)22-16-37-24(30-22)19-7-10-21(11-8-19)38-23-12-9-20(15-29-23)33-14-2-13-28(33)25(34)31-27(36)32-26(28)35/h3-12,15-16H,2,13-14H2,1H3,(H2,31,32,34,35,36). The van der Waals surface area contributed by atoms with Crippen LogP contribution in [0.4, 0.5) is 10.5 Å². The molecule has 2 aliphatic heterocycles. The lowest BCUT2D eigenvalue weighted by Gasteiger charge is -2.38. The molecule has 1 spiro atoms. The second-order valence-electron chi connectivity index (χ2n) is 9.24. The molecule has 2 aromatic carbocycles. The van der Waals surface area contributed by atoms with Crippen molar-refractivity contribution < 1.29 is 23.5 Å². The van der Waals surface area contributed by atoms with Crippen molar-refractivity contribution >= 4 is 23.5 Å². The van der Waals surface area contributed by atoms with Gasteiger partial charge in [-0.25, -0.2) is 14.8 Å². The Kier molecular flexibility index (Phi) is 5.64. The van der Waals surface area contributed by atoms with Crippen LogP contribution in [0.3, 0.4) is 0 Å². The van der Waals surface area contributed by atoms with E-state index in [2.05, 4.69) is 20.6 Å². The molecule has 4 heterocycles. The number of aromatic nitrogens is 2. The quantitative estimate of drug-likeness (QED) is 0.383. The van der Waals surface area contributed by atoms with E-state index >= 15 is 0 Å². The van der Waals surface area contributed by atoms with Gasteiger partial charge < -0.3 is 14.1 Å². The van der Waals surface area contributed by atoms with E-state index in [9.17, 15) is 14.4 Å². The molecule has 0 aliphatic carbocycles. The maximum Gasteiger partial charge on any atom is 0.328 e. The smallest absolute Gasteiger partial charge is 0.328 e. The molecule has 2 fully saturated rings. The molecule has 2 aliphatic rings. The molecule has 4 aromatic rings. The number of urea groups is 1. The van der Waals surface area contributed by atoms with E-state index in [1.165, 1.54) is 5.56 Å². The summed E-state index contributed by atoms with van der Waals surface area (Å²) in [5, 5.41) is 4.41. The molecule has 10 heteroatoms. The van der Waals surface area contributed by atoms with Crippen molar-refractivity contribution in [1.29, 1.82) is 0 Å². The minimum absolute atomic E-state index is 0.305. The summed E-state index contributed by atoms with van der Waals surface area (Å²) in [4.78, 5) is 47.5. The maximum atomic E-state index is 12.7. The molecule has 2 aromatic heterocycles. The molecule has 4 amide bonds. The van der Waals surface area contributed by atoms with Gasteiger partial charge in [0.15, 0.2) is 5.54 Å². The molecule has 190 valence electrons. The number of imide groups is 2. The lowest BCUT2D eigenvalue weighted by molar-refractivity contribution is -0.137. The van der Waals surface area contributed by atoms with Crippen LogP contribution in [0.1, 0.15) is 18.4 Å². The van der Waals surface area contributed by atoms with Crippen molar-refractivity contribution in [3.63, 3.8) is 0 Å². The number of pyridine rings is 1. The van der Waals surface area contributed by atoms with Crippen LogP contribution in [0, 0.1) is 6.92 Å². The van der Waals surface area contributed by atoms with Crippen LogP contribution in [0.2, 0.25) is 0 Å². The van der Waals surface area contributed by atoms with Gasteiger partial charge >= 0.3 is 6.03 Å². The number of aryl methyl sites for hydroxylation is 1. The SMILES string of the molecule is Cc1ccc(-c2coc(-c3ccc(Oc4ccc(N5CCCC56C(=O)NC(=O)NC6=O)cn4)cc3)n2)cc1. The Labute approximate surface area is 217 Å². The van der Waals surface area contributed by atoms with E-state index in [0.717, 1.165) is 16.8 Å². The lowest BCUT2D eigenvalue weighted by atomic mass is 9.92. The molecule has 0 radical (unpaired) electrons. The Bertz CT molecular complexity index is 1510. The zero-order valence-corrected chi connectivity index (χ0v) is 20.4.